The molecule has 0 aromatic heterocycles. The highest BCUT2D eigenvalue weighted by atomic mass is 35.5. The average molecular weight is 1280 g/mol. The molecule has 23 nitrogen and oxygen atoms in total. The predicted molar refractivity (Wildman–Crippen MR) is 322 cm³/mol. The number of anilines is 1. The summed E-state index contributed by atoms with van der Waals surface area (Å²) in [7, 11) is 4.21. The summed E-state index contributed by atoms with van der Waals surface area (Å²) in [6.07, 6.45) is 0.209. The Hall–Kier alpha value is -7.12. The molecule has 6 rings (SSSR count). The SMILES string of the molecule is CO[C@@H]1/C=C/C=C(\C)Cc2cc(C)c(Cl)c(c2)N(C)C(=O)C[C@H](OC(=O)[C@H](C)N(C)C(=O)c2cc(F)c(CC(=O)[C@H](CCCNC(N)=O)NC(=O)[C@@H](CC(=O)CCCCC(=O)ON3C(=O)CCC3=O)C(C)C)cc2Cl)[C@]2(C)O[C@H]2[C@H](C)[C@@H]2C[C@@]1(O)CC(=O)O2. The number of imide groups is 1. The Morgan fingerprint density at radius 2 is 1.64 bits per heavy atom. The maximum atomic E-state index is 16.3. The number of esters is 2. The first kappa shape index (κ1) is 71.0. The summed E-state index contributed by atoms with van der Waals surface area (Å²) in [5.41, 5.74) is 4.32. The lowest BCUT2D eigenvalue weighted by Gasteiger charge is -2.41. The van der Waals surface area contributed by atoms with Crippen LogP contribution in [0.15, 0.2) is 48.1 Å². The first-order valence-corrected chi connectivity index (χ1v) is 30.5. The van der Waals surface area contributed by atoms with Gasteiger partial charge in [0.2, 0.25) is 11.8 Å². The molecule has 0 aliphatic carbocycles. The van der Waals surface area contributed by atoms with Crippen molar-refractivity contribution in [1.29, 1.82) is 0 Å². The zero-order valence-electron chi connectivity index (χ0n) is 51.9. The molecule has 4 heterocycles. The molecule has 26 heteroatoms. The molecule has 10 atom stereocenters. The van der Waals surface area contributed by atoms with E-state index in [-0.39, 0.29) is 93.5 Å². The van der Waals surface area contributed by atoms with Crippen molar-refractivity contribution in [1.82, 2.24) is 20.6 Å². The van der Waals surface area contributed by atoms with Crippen LogP contribution in [0, 0.1) is 30.5 Å². The number of halogens is 3. The number of fused-ring (bicyclic) bond motifs is 5. The molecule has 4 aliphatic rings. The lowest BCUT2D eigenvalue weighted by Crippen LogP contribution is -2.53. The summed E-state index contributed by atoms with van der Waals surface area (Å²) in [6.45, 7) is 11.9. The summed E-state index contributed by atoms with van der Waals surface area (Å²) >= 11 is 13.5. The number of likely N-dealkylation sites (N-methyl/N-ethyl adjacent to an activating group) is 1. The second kappa shape index (κ2) is 30.6. The molecule has 89 heavy (non-hydrogen) atoms. The molecule has 3 fully saturated rings. The zero-order chi connectivity index (χ0) is 66.0. The predicted octanol–water partition coefficient (Wildman–Crippen LogP) is 6.61. The van der Waals surface area contributed by atoms with Crippen molar-refractivity contribution < 1.29 is 86.0 Å². The van der Waals surface area contributed by atoms with Gasteiger partial charge in [0.15, 0.2) is 5.78 Å². The van der Waals surface area contributed by atoms with Crippen LogP contribution in [0.4, 0.5) is 14.9 Å². The summed E-state index contributed by atoms with van der Waals surface area (Å²) in [6, 6.07) is 2.05. The van der Waals surface area contributed by atoms with Crippen molar-refractivity contribution in [3.05, 3.63) is 86.2 Å². The number of hydrogen-bond donors (Lipinski definition) is 4. The fraction of sp³-hybridized carbons (Fsp3) is 0.571. The van der Waals surface area contributed by atoms with Gasteiger partial charge in [0, 0.05) is 84.5 Å². The van der Waals surface area contributed by atoms with Crippen molar-refractivity contribution in [2.75, 3.05) is 32.6 Å². The number of amides is 7. The van der Waals surface area contributed by atoms with E-state index >= 15 is 4.39 Å². The third-order valence-electron chi connectivity index (χ3n) is 17.0. The lowest BCUT2D eigenvalue weighted by molar-refractivity contribution is -0.197. The number of hydrogen-bond acceptors (Lipinski definition) is 17. The molecule has 4 aliphatic heterocycles. The summed E-state index contributed by atoms with van der Waals surface area (Å²) < 4.78 is 40.3. The third kappa shape index (κ3) is 18.1. The number of hydroxylamine groups is 2. The Morgan fingerprint density at radius 1 is 0.966 bits per heavy atom. The largest absolute Gasteiger partial charge is 0.462 e. The first-order valence-electron chi connectivity index (χ1n) is 29.7. The molecule has 4 bridgehead atoms. The number of Topliss-reactive ketones (excluding diaryl/α,β-unsaturated/α-hetero) is 2. The number of carbonyl (C=O) groups is 11. The Labute approximate surface area is 526 Å². The monoisotopic (exact) mass is 1280 g/mol. The highest BCUT2D eigenvalue weighted by Gasteiger charge is 2.64. The maximum absolute atomic E-state index is 16.3. The van der Waals surface area contributed by atoms with E-state index in [1.54, 1.807) is 45.9 Å². The van der Waals surface area contributed by atoms with Gasteiger partial charge in [0.05, 0.1) is 46.3 Å². The van der Waals surface area contributed by atoms with E-state index in [1.807, 2.05) is 26.0 Å². The van der Waals surface area contributed by atoms with E-state index in [4.69, 9.17) is 52.7 Å². The smallest absolute Gasteiger partial charge is 0.333 e. The highest BCUT2D eigenvalue weighted by Crippen LogP contribution is 2.50. The van der Waals surface area contributed by atoms with E-state index < -0.39 is 149 Å². The number of aryl methyl sites for hydroxylation is 1. The van der Waals surface area contributed by atoms with Gasteiger partial charge in [-0.05, 0) is 101 Å². The quantitative estimate of drug-likeness (QED) is 0.0393. The minimum absolute atomic E-state index is 0.0140. The van der Waals surface area contributed by atoms with Gasteiger partial charge in [-0.1, -0.05) is 73.8 Å². The third-order valence-corrected chi connectivity index (χ3v) is 17.8. The Balaban J connectivity index is 1.16. The number of nitrogens with one attached hydrogen (secondary N) is 2. The van der Waals surface area contributed by atoms with Crippen LogP contribution < -0.4 is 21.3 Å². The van der Waals surface area contributed by atoms with Gasteiger partial charge >= 0.3 is 23.9 Å². The summed E-state index contributed by atoms with van der Waals surface area (Å²) in [5.74, 6) is -9.85. The number of epoxide rings is 1. The number of ketones is 2. The fourth-order valence-electron chi connectivity index (χ4n) is 11.3. The standard InChI is InChI=1S/C63H81Cl2FN6O17/c1-33(2)41(28-40(73)16-11-12-19-54(78)89-72-51(75)20-21-52(72)76)58(80)69-45(17-14-22-68-61(67)83)47(74)27-39-26-43(64)42(29-44(39)66)59(81)70(8)37(6)60(82)87-50-30-53(77)71(9)46-25-38(24-35(4)56(46)65)23-34(3)15-13-18-49(85-10)63(84)31-48(86-55(79)32-63)36(5)57-62(50,7)88-57/h13,15,18,24-26,29,33,36-37,41,45,48-50,57,84H,11-12,14,16-17,19-23,27-28,30-32H2,1-10H3,(H,69,80)(H3,67,68,83)/b18-13+,34-15+/t36-,37+,41+,45+,48+,49-,50+,57+,62+,63-/m1/s1. The fourth-order valence-corrected chi connectivity index (χ4v) is 11.8. The van der Waals surface area contributed by atoms with Gasteiger partial charge < -0.3 is 55.1 Å². The molecule has 7 amide bonds. The van der Waals surface area contributed by atoms with Crippen LogP contribution in [0.3, 0.4) is 0 Å². The minimum atomic E-state index is -1.69. The molecular formula is C63H81Cl2FN6O17. The molecule has 0 radical (unpaired) electrons. The second-order valence-electron chi connectivity index (χ2n) is 24.2. The van der Waals surface area contributed by atoms with Crippen LogP contribution >= 0.6 is 23.2 Å². The number of primary amides is 1. The normalized spacial score (nSPS) is 24.9. The van der Waals surface area contributed by atoms with Crippen LogP contribution in [-0.4, -0.2) is 156 Å². The topological polar surface area (TPSA) is 317 Å². The second-order valence-corrected chi connectivity index (χ2v) is 24.9. The van der Waals surface area contributed by atoms with Gasteiger partial charge in [0.1, 0.15) is 47.2 Å². The summed E-state index contributed by atoms with van der Waals surface area (Å²) in [5, 5.41) is 17.6. The average Bonchev–Trinajstić information content (AvgIpc) is 1.66. The van der Waals surface area contributed by atoms with E-state index in [1.165, 1.54) is 33.0 Å². The molecule has 0 unspecified atom stereocenters. The van der Waals surface area contributed by atoms with Gasteiger partial charge in [0.25, 0.3) is 17.7 Å². The van der Waals surface area contributed by atoms with Crippen molar-refractivity contribution in [2.24, 2.45) is 23.5 Å². The van der Waals surface area contributed by atoms with Crippen molar-refractivity contribution in [2.45, 2.75) is 186 Å². The van der Waals surface area contributed by atoms with Gasteiger partial charge in [-0.15, -0.1) is 5.06 Å². The number of allylic oxidation sites excluding steroid dienone is 3. The number of unbranched alkanes of at least 4 members (excludes halogenated alkanes) is 1. The number of methoxy groups -OCH3 is 1. The molecule has 486 valence electrons. The maximum Gasteiger partial charge on any atom is 0.333 e. The highest BCUT2D eigenvalue weighted by molar-refractivity contribution is 6.35. The van der Waals surface area contributed by atoms with E-state index in [0.717, 1.165) is 28.2 Å². The van der Waals surface area contributed by atoms with Crippen LogP contribution in [0.25, 0.3) is 0 Å². The Morgan fingerprint density at radius 3 is 2.29 bits per heavy atom. The zero-order valence-corrected chi connectivity index (χ0v) is 53.4. The van der Waals surface area contributed by atoms with Gasteiger partial charge in [-0.2, -0.15) is 0 Å². The molecule has 3 saturated heterocycles. The van der Waals surface area contributed by atoms with Crippen LogP contribution in [0.2, 0.25) is 10.0 Å². The molecular weight excluding hydrogens is 1200 g/mol. The van der Waals surface area contributed by atoms with E-state index in [9.17, 15) is 57.8 Å². The van der Waals surface area contributed by atoms with E-state index in [2.05, 4.69) is 10.6 Å². The van der Waals surface area contributed by atoms with E-state index in [0.29, 0.717) is 27.8 Å². The Bertz CT molecular complexity index is 3140. The first-order chi connectivity index (χ1) is 41.8. The number of nitrogens with two attached hydrogens (primary N) is 1. The van der Waals surface area contributed by atoms with Crippen LogP contribution in [-0.2, 0) is 79.8 Å². The number of nitrogens with zero attached hydrogens (tertiary/aromatic N) is 3. The van der Waals surface area contributed by atoms with Crippen molar-refractivity contribution >= 4 is 93.9 Å². The number of carbonyl (C=O) groups excluding carboxylic acids is 11. The molecule has 2 aromatic rings. The minimum Gasteiger partial charge on any atom is -0.462 e. The van der Waals surface area contributed by atoms with Crippen LogP contribution in [0.1, 0.15) is 146 Å². The number of ether oxygens (including phenoxy) is 4. The van der Waals surface area contributed by atoms with Crippen molar-refractivity contribution in [3.63, 3.8) is 0 Å². The van der Waals surface area contributed by atoms with Crippen molar-refractivity contribution in [3.8, 4) is 0 Å². The lowest BCUT2D eigenvalue weighted by atomic mass is 9.78. The molecule has 0 saturated carbocycles. The number of benzene rings is 2. The Kier molecular flexibility index (Phi) is 24.4. The van der Waals surface area contributed by atoms with Crippen LogP contribution in [0.5, 0.6) is 0 Å². The number of aliphatic hydroxyl groups is 1. The number of urea groups is 1. The molecule has 2 aromatic carbocycles. The van der Waals surface area contributed by atoms with Gasteiger partial charge in [-0.25, -0.2) is 18.8 Å². The molecule has 0 spiro atoms. The van der Waals surface area contributed by atoms with Gasteiger partial charge in [-0.3, -0.25) is 38.4 Å². The summed E-state index contributed by atoms with van der Waals surface area (Å²) in [4.78, 5) is 152. The molecule has 5 N–H and O–H groups in total. The number of rotatable bonds is 23.